The van der Waals surface area contributed by atoms with Gasteiger partial charge in [0.25, 0.3) is 5.91 Å². The van der Waals surface area contributed by atoms with Crippen LogP contribution in [0.5, 0.6) is 0 Å². The van der Waals surface area contributed by atoms with Crippen molar-refractivity contribution in [2.24, 2.45) is 0 Å². The summed E-state index contributed by atoms with van der Waals surface area (Å²) in [6.45, 7) is 1.36. The van der Waals surface area contributed by atoms with Gasteiger partial charge in [-0.15, -0.1) is 0 Å². The summed E-state index contributed by atoms with van der Waals surface area (Å²) in [7, 11) is 0. The van der Waals surface area contributed by atoms with Crippen molar-refractivity contribution in [3.8, 4) is 0 Å². The number of anilines is 1. The number of benzene rings is 1. The van der Waals surface area contributed by atoms with E-state index >= 15 is 0 Å². The van der Waals surface area contributed by atoms with Gasteiger partial charge < -0.3 is 9.88 Å². The molecule has 1 atom stereocenters. The maximum atomic E-state index is 12.8. The lowest BCUT2D eigenvalue weighted by molar-refractivity contribution is -0.126. The summed E-state index contributed by atoms with van der Waals surface area (Å²) in [5.41, 5.74) is 1.95. The summed E-state index contributed by atoms with van der Waals surface area (Å²) in [4.78, 5) is 30.8. The van der Waals surface area contributed by atoms with Gasteiger partial charge in [0.1, 0.15) is 6.04 Å². The molecule has 1 N–H and O–H groups in total. The van der Waals surface area contributed by atoms with Gasteiger partial charge in [-0.25, -0.2) is 4.98 Å². The minimum absolute atomic E-state index is 0.0453. The number of fused-ring (bicyclic) bond motifs is 3. The Morgan fingerprint density at radius 1 is 1.32 bits per heavy atom. The van der Waals surface area contributed by atoms with E-state index in [1.165, 1.54) is 0 Å². The van der Waals surface area contributed by atoms with Crippen molar-refractivity contribution in [2.75, 3.05) is 23.0 Å². The number of carbonyl (C=O) groups is 2. The van der Waals surface area contributed by atoms with E-state index in [-0.39, 0.29) is 11.8 Å². The van der Waals surface area contributed by atoms with Crippen molar-refractivity contribution < 1.29 is 9.59 Å². The SMILES string of the molecule is O=C1CCSCC(C(=O)N2CCn3c2nc2ccccc23)N1. The molecular formula is C15H16N4O2S. The zero-order valence-electron chi connectivity index (χ0n) is 12.0. The summed E-state index contributed by atoms with van der Waals surface area (Å²) in [5, 5.41) is 2.83. The molecule has 4 rings (SSSR count). The lowest BCUT2D eigenvalue weighted by Crippen LogP contribution is -2.49. The third-order valence-electron chi connectivity index (χ3n) is 4.08. The third kappa shape index (κ3) is 2.16. The van der Waals surface area contributed by atoms with Crippen LogP contribution in [0.1, 0.15) is 6.42 Å². The molecule has 2 aliphatic rings. The Hall–Kier alpha value is -2.02. The first kappa shape index (κ1) is 13.6. The fourth-order valence-corrected chi connectivity index (χ4v) is 3.95. The first-order chi connectivity index (χ1) is 10.7. The number of thioether (sulfide) groups is 1. The maximum absolute atomic E-state index is 12.8. The number of hydrogen-bond acceptors (Lipinski definition) is 4. The summed E-state index contributed by atoms with van der Waals surface area (Å²) < 4.78 is 2.07. The molecule has 2 amide bonds. The molecule has 0 bridgehead atoms. The van der Waals surface area contributed by atoms with Crippen LogP contribution in [0.3, 0.4) is 0 Å². The van der Waals surface area contributed by atoms with Gasteiger partial charge >= 0.3 is 0 Å². The second-order valence-corrected chi connectivity index (χ2v) is 6.64. The lowest BCUT2D eigenvalue weighted by atomic mass is 10.2. The number of aromatic nitrogens is 2. The maximum Gasteiger partial charge on any atom is 0.252 e. The third-order valence-corrected chi connectivity index (χ3v) is 5.14. The van der Waals surface area contributed by atoms with Gasteiger partial charge in [0, 0.05) is 31.0 Å². The molecule has 0 saturated carbocycles. The molecule has 22 heavy (non-hydrogen) atoms. The number of nitrogens with one attached hydrogen (secondary N) is 1. The molecule has 2 aromatic rings. The van der Waals surface area contributed by atoms with Crippen molar-refractivity contribution in [1.29, 1.82) is 0 Å². The van der Waals surface area contributed by atoms with Crippen LogP contribution in [0, 0.1) is 0 Å². The highest BCUT2D eigenvalue weighted by molar-refractivity contribution is 7.99. The normalized spacial score (nSPS) is 21.5. The van der Waals surface area contributed by atoms with Gasteiger partial charge in [-0.3, -0.25) is 14.5 Å². The molecule has 1 aromatic carbocycles. The topological polar surface area (TPSA) is 67.2 Å². The van der Waals surface area contributed by atoms with Crippen molar-refractivity contribution in [3.05, 3.63) is 24.3 Å². The molecule has 2 aliphatic heterocycles. The van der Waals surface area contributed by atoms with Gasteiger partial charge in [0.15, 0.2) is 0 Å². The second kappa shape index (κ2) is 5.31. The highest BCUT2D eigenvalue weighted by atomic mass is 32.2. The number of hydrogen-bond donors (Lipinski definition) is 1. The van der Waals surface area contributed by atoms with E-state index in [1.54, 1.807) is 16.7 Å². The average Bonchev–Trinajstić information content (AvgIpc) is 3.00. The van der Waals surface area contributed by atoms with Crippen LogP contribution < -0.4 is 10.2 Å². The number of carbonyl (C=O) groups excluding carboxylic acids is 2. The molecule has 6 nitrogen and oxygen atoms in total. The largest absolute Gasteiger partial charge is 0.343 e. The van der Waals surface area contributed by atoms with Crippen molar-refractivity contribution >= 4 is 40.6 Å². The molecule has 7 heteroatoms. The van der Waals surface area contributed by atoms with Crippen molar-refractivity contribution in [1.82, 2.24) is 14.9 Å². The minimum Gasteiger partial charge on any atom is -0.343 e. The van der Waals surface area contributed by atoms with Crippen LogP contribution in [-0.2, 0) is 16.1 Å². The van der Waals surface area contributed by atoms with E-state index in [0.29, 0.717) is 24.7 Å². The van der Waals surface area contributed by atoms with E-state index in [9.17, 15) is 9.59 Å². The fourth-order valence-electron chi connectivity index (χ4n) is 2.99. The molecule has 114 valence electrons. The van der Waals surface area contributed by atoms with E-state index < -0.39 is 6.04 Å². The fraction of sp³-hybridized carbons (Fsp3) is 0.400. The van der Waals surface area contributed by atoms with E-state index in [0.717, 1.165) is 23.3 Å². The summed E-state index contributed by atoms with van der Waals surface area (Å²) in [5.74, 6) is 1.98. The predicted molar refractivity (Wildman–Crippen MR) is 86.0 cm³/mol. The Morgan fingerprint density at radius 2 is 2.18 bits per heavy atom. The van der Waals surface area contributed by atoms with Gasteiger partial charge in [-0.1, -0.05) is 12.1 Å². The van der Waals surface area contributed by atoms with Gasteiger partial charge in [-0.05, 0) is 12.1 Å². The Morgan fingerprint density at radius 3 is 3.09 bits per heavy atom. The Balaban J connectivity index is 1.65. The first-order valence-corrected chi connectivity index (χ1v) is 8.53. The number of para-hydroxylation sites is 2. The van der Waals surface area contributed by atoms with Crippen LogP contribution in [-0.4, -0.2) is 45.5 Å². The van der Waals surface area contributed by atoms with E-state index in [2.05, 4.69) is 14.9 Å². The molecule has 1 fully saturated rings. The lowest BCUT2D eigenvalue weighted by Gasteiger charge is -2.21. The zero-order valence-corrected chi connectivity index (χ0v) is 12.8. The summed E-state index contributed by atoms with van der Waals surface area (Å²) in [6, 6.07) is 7.44. The summed E-state index contributed by atoms with van der Waals surface area (Å²) >= 11 is 1.64. The highest BCUT2D eigenvalue weighted by Crippen LogP contribution is 2.28. The van der Waals surface area contributed by atoms with Crippen LogP contribution in [0.15, 0.2) is 24.3 Å². The summed E-state index contributed by atoms with van der Waals surface area (Å²) in [6.07, 6.45) is 0.479. The Labute approximate surface area is 131 Å². The van der Waals surface area contributed by atoms with Crippen LogP contribution in [0.4, 0.5) is 5.95 Å². The number of rotatable bonds is 1. The van der Waals surface area contributed by atoms with Gasteiger partial charge in [0.2, 0.25) is 11.9 Å². The van der Waals surface area contributed by atoms with Crippen LogP contribution in [0.2, 0.25) is 0 Å². The zero-order chi connectivity index (χ0) is 15.1. The molecule has 1 aromatic heterocycles. The molecule has 0 radical (unpaired) electrons. The van der Waals surface area contributed by atoms with Gasteiger partial charge in [-0.2, -0.15) is 11.8 Å². The standard InChI is InChI=1S/C15H16N4O2S/c20-13-5-8-22-9-11(16-13)14(21)19-7-6-18-12-4-2-1-3-10(12)17-15(18)19/h1-4,11H,5-9H2,(H,16,20). The first-order valence-electron chi connectivity index (χ1n) is 7.38. The van der Waals surface area contributed by atoms with Gasteiger partial charge in [0.05, 0.1) is 11.0 Å². The molecule has 0 aliphatic carbocycles. The minimum atomic E-state index is -0.452. The van der Waals surface area contributed by atoms with E-state index in [4.69, 9.17) is 0 Å². The molecule has 1 unspecified atom stereocenters. The van der Waals surface area contributed by atoms with Crippen molar-refractivity contribution in [3.63, 3.8) is 0 Å². The molecule has 0 spiro atoms. The molecule has 3 heterocycles. The second-order valence-electron chi connectivity index (χ2n) is 5.49. The quantitative estimate of drug-likeness (QED) is 0.852. The Bertz CT molecular complexity index is 757. The Kier molecular flexibility index (Phi) is 3.29. The average molecular weight is 316 g/mol. The molecular weight excluding hydrogens is 300 g/mol. The van der Waals surface area contributed by atoms with Crippen LogP contribution in [0.25, 0.3) is 11.0 Å². The monoisotopic (exact) mass is 316 g/mol. The number of amides is 2. The predicted octanol–water partition coefficient (Wildman–Crippen LogP) is 1.00. The van der Waals surface area contributed by atoms with E-state index in [1.807, 2.05) is 24.3 Å². The highest BCUT2D eigenvalue weighted by Gasteiger charge is 2.34. The number of nitrogens with zero attached hydrogens (tertiary/aromatic N) is 3. The van der Waals surface area contributed by atoms with Crippen molar-refractivity contribution in [2.45, 2.75) is 19.0 Å². The number of imidazole rings is 1. The van der Waals surface area contributed by atoms with Crippen LogP contribution >= 0.6 is 11.8 Å². The smallest absolute Gasteiger partial charge is 0.252 e. The molecule has 1 saturated heterocycles.